The fourth-order valence-electron chi connectivity index (χ4n) is 3.14. The minimum absolute atomic E-state index is 0.115. The highest BCUT2D eigenvalue weighted by Gasteiger charge is 2.38. The zero-order valence-corrected chi connectivity index (χ0v) is 12.9. The van der Waals surface area contributed by atoms with Gasteiger partial charge in [-0.05, 0) is 14.1 Å². The molecule has 2 fully saturated rings. The largest absolute Gasteiger partial charge is 0.372 e. The van der Waals surface area contributed by atoms with Gasteiger partial charge in [0.1, 0.15) is 18.0 Å². The number of hydrogen-bond acceptors (Lipinski definition) is 6. The van der Waals surface area contributed by atoms with Crippen LogP contribution in [-0.4, -0.2) is 77.9 Å². The van der Waals surface area contributed by atoms with Gasteiger partial charge in [0.05, 0.1) is 31.6 Å². The van der Waals surface area contributed by atoms with Gasteiger partial charge in [-0.1, -0.05) is 0 Å². The Morgan fingerprint density at radius 3 is 2.55 bits per heavy atom. The molecule has 2 aliphatic rings. The molecule has 22 heavy (non-hydrogen) atoms. The molecule has 7 nitrogen and oxygen atoms in total. The second kappa shape index (κ2) is 5.49. The topological polar surface area (TPSA) is 55.1 Å². The van der Waals surface area contributed by atoms with E-state index in [0.717, 1.165) is 37.8 Å². The first kappa shape index (κ1) is 13.9. The van der Waals surface area contributed by atoms with Crippen molar-refractivity contribution in [2.45, 2.75) is 18.2 Å². The smallest absolute Gasteiger partial charge is 0.156 e. The first-order chi connectivity index (χ1) is 10.7. The molecule has 2 saturated heterocycles. The zero-order valence-electron chi connectivity index (χ0n) is 12.9. The van der Waals surface area contributed by atoms with Gasteiger partial charge in [0, 0.05) is 25.5 Å². The third-order valence-corrected chi connectivity index (χ3v) is 4.57. The van der Waals surface area contributed by atoms with Crippen molar-refractivity contribution in [2.75, 3.05) is 45.3 Å². The average Bonchev–Trinajstić information content (AvgIpc) is 3.09. The molecule has 0 bridgehead atoms. The van der Waals surface area contributed by atoms with Gasteiger partial charge in [-0.25, -0.2) is 4.98 Å². The van der Waals surface area contributed by atoms with Crippen LogP contribution >= 0.6 is 0 Å². The van der Waals surface area contributed by atoms with Crippen LogP contribution < -0.4 is 4.90 Å². The summed E-state index contributed by atoms with van der Waals surface area (Å²) in [5.41, 5.74) is 0.860. The van der Waals surface area contributed by atoms with E-state index in [2.05, 4.69) is 38.3 Å². The summed E-state index contributed by atoms with van der Waals surface area (Å²) in [6, 6.07) is 0.331. The highest BCUT2D eigenvalue weighted by Crippen LogP contribution is 2.26. The molecule has 0 radical (unpaired) electrons. The van der Waals surface area contributed by atoms with Crippen LogP contribution in [-0.2, 0) is 9.47 Å². The van der Waals surface area contributed by atoms with E-state index in [1.807, 2.05) is 12.4 Å². The van der Waals surface area contributed by atoms with Crippen molar-refractivity contribution in [1.29, 1.82) is 0 Å². The Morgan fingerprint density at radius 1 is 1.14 bits per heavy atom. The maximum absolute atomic E-state index is 6.09. The zero-order chi connectivity index (χ0) is 15.1. The molecule has 4 heterocycles. The molecule has 4 rings (SSSR count). The van der Waals surface area contributed by atoms with Gasteiger partial charge in [-0.3, -0.25) is 9.38 Å². The number of likely N-dealkylation sites (N-methyl/N-ethyl adjacent to an activating group) is 1. The molecule has 2 aromatic rings. The van der Waals surface area contributed by atoms with Gasteiger partial charge in [-0.15, -0.1) is 0 Å². The molecule has 2 aliphatic heterocycles. The Kier molecular flexibility index (Phi) is 3.48. The predicted octanol–water partition coefficient (Wildman–Crippen LogP) is 0.263. The van der Waals surface area contributed by atoms with Crippen molar-refractivity contribution < 1.29 is 9.47 Å². The number of ether oxygens (including phenoxy) is 2. The molecule has 2 aromatic heterocycles. The van der Waals surface area contributed by atoms with Crippen molar-refractivity contribution in [3.63, 3.8) is 0 Å². The maximum Gasteiger partial charge on any atom is 0.156 e. The summed E-state index contributed by atoms with van der Waals surface area (Å²) >= 11 is 0. The molecule has 0 aliphatic carbocycles. The summed E-state index contributed by atoms with van der Waals surface area (Å²) in [7, 11) is 4.13. The van der Waals surface area contributed by atoms with Crippen molar-refractivity contribution >= 4 is 11.5 Å². The molecule has 0 amide bonds. The fourth-order valence-corrected chi connectivity index (χ4v) is 3.14. The Labute approximate surface area is 129 Å². The van der Waals surface area contributed by atoms with Crippen molar-refractivity contribution in [1.82, 2.24) is 19.3 Å². The van der Waals surface area contributed by atoms with Crippen LogP contribution in [0.1, 0.15) is 0 Å². The molecular weight excluding hydrogens is 282 g/mol. The number of aromatic nitrogens is 3. The standard InChI is InChI=1S/C15H21N5O2/c1-18(2)11-9-21-12-7-19(8-13(12)22-10-11)15-6-16-5-14-17-3-4-20(14)15/h3-6,11-13H,7-10H2,1-2H3/t12-,13-/m0/s1. The molecule has 7 heteroatoms. The first-order valence-electron chi connectivity index (χ1n) is 7.64. The SMILES string of the molecule is CN(C)C1CO[C@H]2CN(c3cncc4nccn34)C[C@@H]2OC1. The van der Waals surface area contributed by atoms with Crippen molar-refractivity contribution in [2.24, 2.45) is 0 Å². The van der Waals surface area contributed by atoms with Gasteiger partial charge in [-0.2, -0.15) is 0 Å². The first-order valence-corrected chi connectivity index (χ1v) is 7.64. The van der Waals surface area contributed by atoms with Gasteiger partial charge >= 0.3 is 0 Å². The molecule has 0 spiro atoms. The normalized spacial score (nSPS) is 26.6. The fraction of sp³-hybridized carbons (Fsp3) is 0.600. The lowest BCUT2D eigenvalue weighted by atomic mass is 10.3. The van der Waals surface area contributed by atoms with Crippen LogP contribution in [0.4, 0.5) is 5.82 Å². The summed E-state index contributed by atoms with van der Waals surface area (Å²) in [6.07, 6.45) is 7.63. The Bertz CT molecular complexity index is 642. The number of fused-ring (bicyclic) bond motifs is 2. The van der Waals surface area contributed by atoms with Crippen LogP contribution in [0.25, 0.3) is 5.65 Å². The average molecular weight is 303 g/mol. The monoisotopic (exact) mass is 303 g/mol. The maximum atomic E-state index is 6.09. The van der Waals surface area contributed by atoms with Crippen LogP contribution in [0.2, 0.25) is 0 Å². The van der Waals surface area contributed by atoms with Crippen molar-refractivity contribution in [3.8, 4) is 0 Å². The summed E-state index contributed by atoms with van der Waals surface area (Å²) in [4.78, 5) is 13.0. The Hall–Kier alpha value is -1.70. The quantitative estimate of drug-likeness (QED) is 0.793. The third-order valence-electron chi connectivity index (χ3n) is 4.57. The summed E-state index contributed by atoms with van der Waals surface area (Å²) in [6.45, 7) is 3.08. The molecule has 0 saturated carbocycles. The van der Waals surface area contributed by atoms with E-state index in [4.69, 9.17) is 9.47 Å². The lowest BCUT2D eigenvalue weighted by molar-refractivity contribution is -0.00461. The third kappa shape index (κ3) is 2.35. The second-order valence-electron chi connectivity index (χ2n) is 6.19. The minimum atomic E-state index is 0.115. The van der Waals surface area contributed by atoms with Crippen LogP contribution in [0, 0.1) is 0 Å². The molecule has 0 unspecified atom stereocenters. The van der Waals surface area contributed by atoms with E-state index in [9.17, 15) is 0 Å². The summed E-state index contributed by atoms with van der Waals surface area (Å²) in [5, 5.41) is 0. The van der Waals surface area contributed by atoms with Crippen LogP contribution in [0.3, 0.4) is 0 Å². The minimum Gasteiger partial charge on any atom is -0.372 e. The van der Waals surface area contributed by atoms with Gasteiger partial charge in [0.2, 0.25) is 0 Å². The number of rotatable bonds is 2. The number of anilines is 1. The van der Waals surface area contributed by atoms with E-state index in [0.29, 0.717) is 6.04 Å². The van der Waals surface area contributed by atoms with Crippen molar-refractivity contribution in [3.05, 3.63) is 24.8 Å². The van der Waals surface area contributed by atoms with E-state index >= 15 is 0 Å². The molecule has 118 valence electrons. The lowest BCUT2D eigenvalue weighted by Gasteiger charge is -2.23. The molecular formula is C15H21N5O2. The number of hydrogen-bond donors (Lipinski definition) is 0. The van der Waals surface area contributed by atoms with Gasteiger partial charge < -0.3 is 19.3 Å². The highest BCUT2D eigenvalue weighted by molar-refractivity contribution is 5.49. The highest BCUT2D eigenvalue weighted by atomic mass is 16.6. The summed E-state index contributed by atoms with van der Waals surface area (Å²) < 4.78 is 14.2. The molecule has 0 N–H and O–H groups in total. The van der Waals surface area contributed by atoms with Gasteiger partial charge in [0.25, 0.3) is 0 Å². The lowest BCUT2D eigenvalue weighted by Crippen LogP contribution is -2.36. The van der Waals surface area contributed by atoms with E-state index in [1.54, 1.807) is 12.4 Å². The molecule has 2 atom stereocenters. The predicted molar refractivity (Wildman–Crippen MR) is 82.2 cm³/mol. The number of nitrogens with zero attached hydrogens (tertiary/aromatic N) is 5. The van der Waals surface area contributed by atoms with Gasteiger partial charge in [0.15, 0.2) is 5.65 Å². The Morgan fingerprint density at radius 2 is 1.86 bits per heavy atom. The van der Waals surface area contributed by atoms with Crippen LogP contribution in [0.5, 0.6) is 0 Å². The van der Waals surface area contributed by atoms with E-state index < -0.39 is 0 Å². The summed E-state index contributed by atoms with van der Waals surface area (Å²) in [5.74, 6) is 1.04. The van der Waals surface area contributed by atoms with E-state index in [1.165, 1.54) is 0 Å². The van der Waals surface area contributed by atoms with E-state index in [-0.39, 0.29) is 12.2 Å². The Balaban J connectivity index is 1.53. The second-order valence-corrected chi connectivity index (χ2v) is 6.19. The number of imidazole rings is 1. The van der Waals surface area contributed by atoms with Crippen LogP contribution in [0.15, 0.2) is 24.8 Å². The molecule has 0 aromatic carbocycles.